The monoisotopic (exact) mass is 260 g/mol. The Kier molecular flexibility index (Phi) is 3.53. The summed E-state index contributed by atoms with van der Waals surface area (Å²) in [5.74, 6) is 6.87. The van der Waals surface area contributed by atoms with E-state index in [1.807, 2.05) is 19.3 Å². The Hall–Kier alpha value is -1.95. The van der Waals surface area contributed by atoms with Gasteiger partial charge in [-0.3, -0.25) is 4.68 Å². The van der Waals surface area contributed by atoms with Crippen molar-refractivity contribution in [2.75, 3.05) is 5.43 Å². The SMILES string of the molecule is Cn1cc(-c2cc(NN)nc(CC(C)(C)C)n2)cn1. The third-order valence-electron chi connectivity index (χ3n) is 2.61. The standard InChI is InChI=1S/C13H20N6/c1-13(2,3)6-12-16-10(5-11(17-12)18-14)9-7-15-19(4)8-9/h5,7-8H,6,14H2,1-4H3,(H,16,17,18). The first kappa shape index (κ1) is 13.5. The average molecular weight is 260 g/mol. The zero-order valence-corrected chi connectivity index (χ0v) is 11.8. The molecule has 3 N–H and O–H groups in total. The molecule has 0 atom stereocenters. The van der Waals surface area contributed by atoms with Crippen molar-refractivity contribution in [3.63, 3.8) is 0 Å². The van der Waals surface area contributed by atoms with Gasteiger partial charge in [0.2, 0.25) is 0 Å². The molecule has 0 saturated carbocycles. The highest BCUT2D eigenvalue weighted by molar-refractivity contribution is 5.60. The maximum atomic E-state index is 5.47. The van der Waals surface area contributed by atoms with Gasteiger partial charge in [0.25, 0.3) is 0 Å². The normalized spacial score (nSPS) is 11.6. The first-order valence-electron chi connectivity index (χ1n) is 6.21. The number of hydrogen-bond donors (Lipinski definition) is 2. The molecule has 102 valence electrons. The van der Waals surface area contributed by atoms with Crippen molar-refractivity contribution in [1.29, 1.82) is 0 Å². The molecule has 0 radical (unpaired) electrons. The van der Waals surface area contributed by atoms with Gasteiger partial charge < -0.3 is 5.43 Å². The Morgan fingerprint density at radius 3 is 2.58 bits per heavy atom. The highest BCUT2D eigenvalue weighted by Crippen LogP contribution is 2.23. The second-order valence-electron chi connectivity index (χ2n) is 5.84. The summed E-state index contributed by atoms with van der Waals surface area (Å²) in [6.45, 7) is 6.47. The molecule has 6 heteroatoms. The quantitative estimate of drug-likeness (QED) is 0.649. The summed E-state index contributed by atoms with van der Waals surface area (Å²) in [5, 5.41) is 4.16. The fourth-order valence-electron chi connectivity index (χ4n) is 1.83. The van der Waals surface area contributed by atoms with Gasteiger partial charge in [0.15, 0.2) is 0 Å². The van der Waals surface area contributed by atoms with Crippen LogP contribution in [0.2, 0.25) is 0 Å². The van der Waals surface area contributed by atoms with E-state index in [1.54, 1.807) is 10.9 Å². The smallest absolute Gasteiger partial charge is 0.144 e. The highest BCUT2D eigenvalue weighted by atomic mass is 15.3. The molecule has 2 rings (SSSR count). The van der Waals surface area contributed by atoms with E-state index in [0.29, 0.717) is 5.82 Å². The molecule has 0 bridgehead atoms. The summed E-state index contributed by atoms with van der Waals surface area (Å²) in [7, 11) is 1.88. The predicted molar refractivity (Wildman–Crippen MR) is 75.2 cm³/mol. The van der Waals surface area contributed by atoms with Crippen molar-refractivity contribution in [3.8, 4) is 11.3 Å². The summed E-state index contributed by atoms with van der Waals surface area (Å²) in [5.41, 5.74) is 4.50. The molecule has 2 heterocycles. The number of nitrogens with two attached hydrogens (primary N) is 1. The van der Waals surface area contributed by atoms with Gasteiger partial charge in [-0.2, -0.15) is 5.10 Å². The minimum Gasteiger partial charge on any atom is -0.308 e. The van der Waals surface area contributed by atoms with Crippen LogP contribution in [0.1, 0.15) is 26.6 Å². The second-order valence-corrected chi connectivity index (χ2v) is 5.84. The Morgan fingerprint density at radius 2 is 2.05 bits per heavy atom. The van der Waals surface area contributed by atoms with Crippen LogP contribution in [0.5, 0.6) is 0 Å². The number of rotatable bonds is 3. The van der Waals surface area contributed by atoms with Gasteiger partial charge in [0.05, 0.1) is 11.9 Å². The maximum Gasteiger partial charge on any atom is 0.144 e. The molecular formula is C13H20N6. The Morgan fingerprint density at radius 1 is 1.32 bits per heavy atom. The Balaban J connectivity index is 2.41. The van der Waals surface area contributed by atoms with Crippen molar-refractivity contribution in [1.82, 2.24) is 19.7 Å². The predicted octanol–water partition coefficient (Wildman–Crippen LogP) is 1.75. The molecule has 2 aromatic rings. The summed E-state index contributed by atoms with van der Waals surface area (Å²) < 4.78 is 1.75. The minimum atomic E-state index is 0.124. The zero-order valence-electron chi connectivity index (χ0n) is 11.8. The molecule has 0 aliphatic rings. The number of nitrogens with zero attached hydrogens (tertiary/aromatic N) is 4. The Bertz CT molecular complexity index is 567. The molecule has 0 aromatic carbocycles. The molecule has 0 spiro atoms. The number of anilines is 1. The first-order valence-corrected chi connectivity index (χ1v) is 6.21. The summed E-state index contributed by atoms with van der Waals surface area (Å²) in [6.07, 6.45) is 4.49. The van der Waals surface area contributed by atoms with Crippen molar-refractivity contribution in [3.05, 3.63) is 24.3 Å². The average Bonchev–Trinajstić information content (AvgIpc) is 2.73. The van der Waals surface area contributed by atoms with Gasteiger partial charge in [-0.25, -0.2) is 15.8 Å². The lowest BCUT2D eigenvalue weighted by molar-refractivity contribution is 0.401. The van der Waals surface area contributed by atoms with Gasteiger partial charge >= 0.3 is 0 Å². The maximum absolute atomic E-state index is 5.47. The molecule has 0 aliphatic carbocycles. The van der Waals surface area contributed by atoms with Crippen LogP contribution in [-0.2, 0) is 13.5 Å². The van der Waals surface area contributed by atoms with Gasteiger partial charge in [0.1, 0.15) is 11.6 Å². The molecule has 6 nitrogen and oxygen atoms in total. The molecular weight excluding hydrogens is 240 g/mol. The van der Waals surface area contributed by atoms with E-state index in [9.17, 15) is 0 Å². The van der Waals surface area contributed by atoms with Gasteiger partial charge in [-0.15, -0.1) is 0 Å². The number of hydrazine groups is 1. The van der Waals surface area contributed by atoms with Crippen molar-refractivity contribution in [2.24, 2.45) is 18.3 Å². The van der Waals surface area contributed by atoms with Crippen LogP contribution in [0, 0.1) is 5.41 Å². The Labute approximate surface area is 113 Å². The van der Waals surface area contributed by atoms with Crippen LogP contribution in [-0.4, -0.2) is 19.7 Å². The molecule has 0 aliphatic heterocycles. The van der Waals surface area contributed by atoms with Gasteiger partial charge in [0, 0.05) is 31.3 Å². The number of nitrogen functional groups attached to an aromatic ring is 1. The van der Waals surface area contributed by atoms with Crippen molar-refractivity contribution < 1.29 is 0 Å². The molecule has 0 fully saturated rings. The lowest BCUT2D eigenvalue weighted by atomic mass is 9.92. The first-order chi connectivity index (χ1) is 8.87. The summed E-state index contributed by atoms with van der Waals surface area (Å²) in [6, 6.07) is 1.82. The van der Waals surface area contributed by atoms with Crippen LogP contribution in [0.15, 0.2) is 18.5 Å². The zero-order chi connectivity index (χ0) is 14.0. The van der Waals surface area contributed by atoms with E-state index < -0.39 is 0 Å². The van der Waals surface area contributed by atoms with Crippen LogP contribution >= 0.6 is 0 Å². The number of aryl methyl sites for hydroxylation is 1. The minimum absolute atomic E-state index is 0.124. The molecule has 0 unspecified atom stereocenters. The van der Waals surface area contributed by atoms with Gasteiger partial charge in [-0.05, 0) is 5.41 Å². The van der Waals surface area contributed by atoms with E-state index in [2.05, 4.69) is 41.3 Å². The molecule has 19 heavy (non-hydrogen) atoms. The second kappa shape index (κ2) is 4.97. The number of aromatic nitrogens is 4. The van der Waals surface area contributed by atoms with E-state index in [4.69, 9.17) is 5.84 Å². The molecule has 2 aromatic heterocycles. The van der Waals surface area contributed by atoms with Crippen molar-refractivity contribution in [2.45, 2.75) is 27.2 Å². The summed E-state index contributed by atoms with van der Waals surface area (Å²) >= 11 is 0. The lowest BCUT2D eigenvalue weighted by Gasteiger charge is -2.17. The van der Waals surface area contributed by atoms with E-state index >= 15 is 0 Å². The van der Waals surface area contributed by atoms with Crippen LogP contribution < -0.4 is 11.3 Å². The number of nitrogens with one attached hydrogen (secondary N) is 1. The fraction of sp³-hybridized carbons (Fsp3) is 0.462. The van der Waals surface area contributed by atoms with Crippen LogP contribution in [0.25, 0.3) is 11.3 Å². The number of hydrogen-bond acceptors (Lipinski definition) is 5. The molecule has 0 amide bonds. The van der Waals surface area contributed by atoms with Gasteiger partial charge in [-0.1, -0.05) is 20.8 Å². The van der Waals surface area contributed by atoms with E-state index in [1.165, 1.54) is 0 Å². The van der Waals surface area contributed by atoms with Crippen LogP contribution in [0.4, 0.5) is 5.82 Å². The topological polar surface area (TPSA) is 81.7 Å². The van der Waals surface area contributed by atoms with Crippen LogP contribution in [0.3, 0.4) is 0 Å². The summed E-state index contributed by atoms with van der Waals surface area (Å²) in [4.78, 5) is 8.99. The fourth-order valence-corrected chi connectivity index (χ4v) is 1.83. The van der Waals surface area contributed by atoms with E-state index in [0.717, 1.165) is 23.5 Å². The lowest BCUT2D eigenvalue weighted by Crippen LogP contribution is -2.15. The highest BCUT2D eigenvalue weighted by Gasteiger charge is 2.15. The third kappa shape index (κ3) is 3.51. The van der Waals surface area contributed by atoms with E-state index in [-0.39, 0.29) is 5.41 Å². The largest absolute Gasteiger partial charge is 0.308 e. The molecule has 0 saturated heterocycles. The van der Waals surface area contributed by atoms with Crippen molar-refractivity contribution >= 4 is 5.82 Å². The third-order valence-corrected chi connectivity index (χ3v) is 2.61.